The molecule has 4 nitrogen and oxygen atoms in total. The van der Waals surface area contributed by atoms with Crippen molar-refractivity contribution in [3.05, 3.63) is 11.6 Å². The summed E-state index contributed by atoms with van der Waals surface area (Å²) in [4.78, 5) is 15.5. The fourth-order valence-corrected chi connectivity index (χ4v) is 1.65. The van der Waals surface area contributed by atoms with E-state index in [9.17, 15) is 4.79 Å². The van der Waals surface area contributed by atoms with Crippen molar-refractivity contribution < 1.29 is 4.79 Å². The van der Waals surface area contributed by atoms with Gasteiger partial charge in [0.15, 0.2) is 5.82 Å². The summed E-state index contributed by atoms with van der Waals surface area (Å²) in [5.41, 5.74) is 0. The zero-order valence-electron chi connectivity index (χ0n) is 9.95. The van der Waals surface area contributed by atoms with Gasteiger partial charge in [0.25, 0.3) is 0 Å². The number of hydrogen-bond acceptors (Lipinski definition) is 3. The molecule has 1 aromatic heterocycles. The lowest BCUT2D eigenvalue weighted by atomic mass is 10.2. The number of aromatic nitrogens is 3. The van der Waals surface area contributed by atoms with E-state index < -0.39 is 0 Å². The maximum atomic E-state index is 11.0. The smallest absolute Gasteiger partial charge is 0.150 e. The highest BCUT2D eigenvalue weighted by atomic mass is 16.1. The average molecular weight is 209 g/mol. The molecule has 0 radical (unpaired) electrons. The minimum Gasteiger partial charge on any atom is -0.300 e. The zero-order valence-corrected chi connectivity index (χ0v) is 9.95. The predicted octanol–water partition coefficient (Wildman–Crippen LogP) is 1.94. The number of ketones is 1. The minimum absolute atomic E-state index is 0.116. The summed E-state index contributed by atoms with van der Waals surface area (Å²) in [6, 6.07) is 0.116. The maximum Gasteiger partial charge on any atom is 0.150 e. The molecule has 1 rings (SSSR count). The third-order valence-corrected chi connectivity index (χ3v) is 2.38. The second kappa shape index (κ2) is 5.05. The van der Waals surface area contributed by atoms with Crippen LogP contribution in [0.3, 0.4) is 0 Å². The van der Waals surface area contributed by atoms with Crippen LogP contribution in [-0.2, 0) is 17.6 Å². The quantitative estimate of drug-likeness (QED) is 0.744. The third-order valence-electron chi connectivity index (χ3n) is 2.38. The fourth-order valence-electron chi connectivity index (χ4n) is 1.65. The van der Waals surface area contributed by atoms with E-state index >= 15 is 0 Å². The lowest BCUT2D eigenvalue weighted by molar-refractivity contribution is -0.117. The highest BCUT2D eigenvalue weighted by Crippen LogP contribution is 2.13. The topological polar surface area (TPSA) is 47.8 Å². The molecule has 0 fully saturated rings. The molecule has 4 heteroatoms. The maximum absolute atomic E-state index is 11.0. The number of hydrogen-bond donors (Lipinski definition) is 0. The van der Waals surface area contributed by atoms with E-state index in [1.165, 1.54) is 0 Å². The Morgan fingerprint density at radius 3 is 2.53 bits per heavy atom. The van der Waals surface area contributed by atoms with Gasteiger partial charge in [0.1, 0.15) is 11.6 Å². The molecule has 0 N–H and O–H groups in total. The second-order valence-electron chi connectivity index (χ2n) is 3.85. The molecule has 0 aromatic carbocycles. The van der Waals surface area contributed by atoms with E-state index in [-0.39, 0.29) is 11.8 Å². The van der Waals surface area contributed by atoms with E-state index in [0.717, 1.165) is 24.5 Å². The van der Waals surface area contributed by atoms with Crippen LogP contribution in [0.25, 0.3) is 0 Å². The van der Waals surface area contributed by atoms with Crippen molar-refractivity contribution in [3.63, 3.8) is 0 Å². The first kappa shape index (κ1) is 11.9. The van der Waals surface area contributed by atoms with Gasteiger partial charge in [-0.05, 0) is 13.8 Å². The summed E-state index contributed by atoms with van der Waals surface area (Å²) in [7, 11) is 0. The Balaban J connectivity index is 2.90. The lowest BCUT2D eigenvalue weighted by Crippen LogP contribution is -2.13. The van der Waals surface area contributed by atoms with E-state index in [1.54, 1.807) is 6.92 Å². The van der Waals surface area contributed by atoms with Crippen molar-refractivity contribution in [2.45, 2.75) is 53.0 Å². The Kier molecular flexibility index (Phi) is 4.00. The molecule has 0 spiro atoms. The number of Topliss-reactive ketones (excluding diaryl/α,β-unsaturated/α-hetero) is 1. The monoisotopic (exact) mass is 209 g/mol. The second-order valence-corrected chi connectivity index (χ2v) is 3.85. The van der Waals surface area contributed by atoms with Crippen LogP contribution in [0.4, 0.5) is 0 Å². The van der Waals surface area contributed by atoms with Crippen molar-refractivity contribution >= 4 is 5.78 Å². The summed E-state index contributed by atoms with van der Waals surface area (Å²) >= 11 is 0. The van der Waals surface area contributed by atoms with Gasteiger partial charge in [-0.15, -0.1) is 0 Å². The van der Waals surface area contributed by atoms with E-state index in [4.69, 9.17) is 0 Å². The first-order chi connectivity index (χ1) is 7.08. The van der Waals surface area contributed by atoms with E-state index in [1.807, 2.05) is 18.5 Å². The largest absolute Gasteiger partial charge is 0.300 e. The van der Waals surface area contributed by atoms with E-state index in [0.29, 0.717) is 6.42 Å². The fraction of sp³-hybridized carbons (Fsp3) is 0.727. The van der Waals surface area contributed by atoms with Crippen LogP contribution in [-0.4, -0.2) is 20.5 Å². The normalized spacial score (nSPS) is 12.8. The Labute approximate surface area is 90.7 Å². The molecule has 0 saturated carbocycles. The van der Waals surface area contributed by atoms with Crippen LogP contribution < -0.4 is 0 Å². The summed E-state index contributed by atoms with van der Waals surface area (Å²) in [6.45, 7) is 7.71. The Bertz CT molecular complexity index is 344. The Hall–Kier alpha value is -1.19. The highest BCUT2D eigenvalue weighted by Gasteiger charge is 2.14. The number of carbonyl (C=O) groups excluding carboxylic acids is 1. The molecule has 1 atom stereocenters. The van der Waals surface area contributed by atoms with E-state index in [2.05, 4.69) is 17.0 Å². The molecule has 0 aliphatic carbocycles. The lowest BCUT2D eigenvalue weighted by Gasteiger charge is -2.11. The molecule has 1 aromatic rings. The SMILES string of the molecule is CCc1nc(CC)n(C(C)CC(C)=O)n1. The van der Waals surface area contributed by atoms with Crippen molar-refractivity contribution in [3.8, 4) is 0 Å². The molecule has 84 valence electrons. The summed E-state index contributed by atoms with van der Waals surface area (Å²) in [5, 5.41) is 4.41. The third kappa shape index (κ3) is 2.88. The van der Waals surface area contributed by atoms with Gasteiger partial charge in [0, 0.05) is 19.3 Å². The molecule has 0 bridgehead atoms. The highest BCUT2D eigenvalue weighted by molar-refractivity contribution is 5.75. The predicted molar refractivity (Wildman–Crippen MR) is 58.8 cm³/mol. The molecular weight excluding hydrogens is 190 g/mol. The van der Waals surface area contributed by atoms with Gasteiger partial charge in [-0.25, -0.2) is 9.67 Å². The molecule has 1 heterocycles. The Morgan fingerprint density at radius 2 is 2.07 bits per heavy atom. The standard InChI is InChI=1S/C11H19N3O/c1-5-10-12-11(6-2)14(13-10)8(3)7-9(4)15/h8H,5-7H2,1-4H3. The van der Waals surface area contributed by atoms with Crippen LogP contribution in [0.15, 0.2) is 0 Å². The first-order valence-electron chi connectivity index (χ1n) is 5.52. The van der Waals surface area contributed by atoms with Gasteiger partial charge in [-0.1, -0.05) is 13.8 Å². The minimum atomic E-state index is 0.116. The van der Waals surface area contributed by atoms with Crippen molar-refractivity contribution in [2.75, 3.05) is 0 Å². The molecule has 0 saturated heterocycles. The van der Waals surface area contributed by atoms with Crippen molar-refractivity contribution in [1.82, 2.24) is 14.8 Å². The number of rotatable bonds is 5. The van der Waals surface area contributed by atoms with Gasteiger partial charge in [-0.3, -0.25) is 4.79 Å². The van der Waals surface area contributed by atoms with Crippen LogP contribution >= 0.6 is 0 Å². The van der Waals surface area contributed by atoms with Crippen LogP contribution in [0.1, 0.15) is 51.8 Å². The van der Waals surface area contributed by atoms with Crippen LogP contribution in [0.5, 0.6) is 0 Å². The molecule has 15 heavy (non-hydrogen) atoms. The van der Waals surface area contributed by atoms with Crippen LogP contribution in [0.2, 0.25) is 0 Å². The molecule has 0 amide bonds. The molecule has 0 aliphatic rings. The first-order valence-corrected chi connectivity index (χ1v) is 5.52. The molecular formula is C11H19N3O. The summed E-state index contributed by atoms with van der Waals surface area (Å²) in [6.07, 6.45) is 2.22. The Morgan fingerprint density at radius 1 is 1.40 bits per heavy atom. The molecule has 1 unspecified atom stereocenters. The zero-order chi connectivity index (χ0) is 11.4. The number of nitrogens with zero attached hydrogens (tertiary/aromatic N) is 3. The van der Waals surface area contributed by atoms with Crippen molar-refractivity contribution in [2.24, 2.45) is 0 Å². The van der Waals surface area contributed by atoms with Gasteiger partial charge in [0.05, 0.1) is 6.04 Å². The number of carbonyl (C=O) groups is 1. The van der Waals surface area contributed by atoms with Crippen LogP contribution in [0, 0.1) is 0 Å². The average Bonchev–Trinajstić information content (AvgIpc) is 2.59. The summed E-state index contributed by atoms with van der Waals surface area (Å²) < 4.78 is 1.89. The van der Waals surface area contributed by atoms with Gasteiger partial charge >= 0.3 is 0 Å². The number of aryl methyl sites for hydroxylation is 2. The van der Waals surface area contributed by atoms with Gasteiger partial charge in [-0.2, -0.15) is 5.10 Å². The summed E-state index contributed by atoms with van der Waals surface area (Å²) in [5.74, 6) is 2.03. The van der Waals surface area contributed by atoms with Gasteiger partial charge < -0.3 is 0 Å². The molecule has 0 aliphatic heterocycles. The van der Waals surface area contributed by atoms with Gasteiger partial charge in [0.2, 0.25) is 0 Å². The van der Waals surface area contributed by atoms with Crippen molar-refractivity contribution in [1.29, 1.82) is 0 Å².